The maximum Gasteiger partial charge on any atom is 0.416 e. The van der Waals surface area contributed by atoms with E-state index in [0.717, 1.165) is 30.0 Å². The van der Waals surface area contributed by atoms with E-state index in [9.17, 15) is 21.6 Å². The van der Waals surface area contributed by atoms with Crippen molar-refractivity contribution in [2.24, 2.45) is 0 Å². The van der Waals surface area contributed by atoms with Crippen molar-refractivity contribution < 1.29 is 26.0 Å². The number of thioether (sulfide) groups is 1. The van der Waals surface area contributed by atoms with Crippen LogP contribution in [0, 0.1) is 0 Å². The van der Waals surface area contributed by atoms with Gasteiger partial charge in [-0.15, -0.1) is 11.8 Å². The molecule has 2 heterocycles. The van der Waals surface area contributed by atoms with E-state index < -0.39 is 21.8 Å². The zero-order valence-electron chi connectivity index (χ0n) is 13.1. The predicted molar refractivity (Wildman–Crippen MR) is 88.7 cm³/mol. The molecule has 0 N–H and O–H groups in total. The first kappa shape index (κ1) is 18.3. The van der Waals surface area contributed by atoms with Crippen molar-refractivity contribution in [3.05, 3.63) is 54.0 Å². The summed E-state index contributed by atoms with van der Waals surface area (Å²) < 4.78 is 70.0. The van der Waals surface area contributed by atoms with Gasteiger partial charge in [0.15, 0.2) is 0 Å². The molecule has 2 aromatic rings. The van der Waals surface area contributed by atoms with Gasteiger partial charge in [0.1, 0.15) is 5.76 Å². The quantitative estimate of drug-likeness (QED) is 0.788. The van der Waals surface area contributed by atoms with Crippen LogP contribution in [0.1, 0.15) is 23.0 Å². The maximum absolute atomic E-state index is 12.7. The molecule has 3 rings (SSSR count). The van der Waals surface area contributed by atoms with Gasteiger partial charge in [-0.2, -0.15) is 17.5 Å². The molecular weight excluding hydrogens is 375 g/mol. The van der Waals surface area contributed by atoms with Crippen molar-refractivity contribution in [1.82, 2.24) is 4.31 Å². The fourth-order valence-corrected chi connectivity index (χ4v) is 5.41. The maximum atomic E-state index is 12.7. The Morgan fingerprint density at radius 1 is 1.12 bits per heavy atom. The molecule has 4 nitrogen and oxygen atoms in total. The van der Waals surface area contributed by atoms with E-state index in [-0.39, 0.29) is 10.1 Å². The Balaban J connectivity index is 1.76. The molecule has 1 saturated heterocycles. The highest BCUT2D eigenvalue weighted by atomic mass is 32.2. The highest BCUT2D eigenvalue weighted by molar-refractivity contribution is 7.99. The smallest absolute Gasteiger partial charge is 0.416 e. The van der Waals surface area contributed by atoms with Crippen LogP contribution in [0.25, 0.3) is 0 Å². The van der Waals surface area contributed by atoms with Crippen molar-refractivity contribution in [1.29, 1.82) is 0 Å². The van der Waals surface area contributed by atoms with Crippen LogP contribution in [0.5, 0.6) is 0 Å². The van der Waals surface area contributed by atoms with Gasteiger partial charge in [-0.1, -0.05) is 0 Å². The first-order valence-electron chi connectivity index (χ1n) is 7.61. The number of hydrogen-bond donors (Lipinski definition) is 0. The Morgan fingerprint density at radius 3 is 2.44 bits per heavy atom. The number of halogens is 3. The molecule has 1 aliphatic rings. The average Bonchev–Trinajstić information content (AvgIpc) is 2.98. The summed E-state index contributed by atoms with van der Waals surface area (Å²) in [5.41, 5.74) is -0.865. The first-order chi connectivity index (χ1) is 11.8. The molecule has 0 aliphatic carbocycles. The summed E-state index contributed by atoms with van der Waals surface area (Å²) in [5.74, 6) is 1.39. The molecule has 0 spiro atoms. The molecule has 1 aliphatic heterocycles. The Kier molecular flexibility index (Phi) is 5.17. The molecule has 1 unspecified atom stereocenters. The van der Waals surface area contributed by atoms with Crippen LogP contribution >= 0.6 is 11.8 Å². The van der Waals surface area contributed by atoms with Crippen LogP contribution in [0.15, 0.2) is 52.0 Å². The minimum atomic E-state index is -4.49. The van der Waals surface area contributed by atoms with Crippen LogP contribution < -0.4 is 0 Å². The lowest BCUT2D eigenvalue weighted by Crippen LogP contribution is -2.33. The zero-order valence-corrected chi connectivity index (χ0v) is 14.7. The number of sulfonamides is 1. The number of hydrogen-bond acceptors (Lipinski definition) is 4. The Labute approximate surface area is 148 Å². The lowest BCUT2D eigenvalue weighted by atomic mass is 10.2. The van der Waals surface area contributed by atoms with E-state index >= 15 is 0 Å². The summed E-state index contributed by atoms with van der Waals surface area (Å²) in [7, 11) is -3.82. The van der Waals surface area contributed by atoms with Crippen LogP contribution in [0.2, 0.25) is 0 Å². The van der Waals surface area contributed by atoms with Gasteiger partial charge in [0, 0.05) is 18.8 Å². The summed E-state index contributed by atoms with van der Waals surface area (Å²) in [4.78, 5) is -0.123. The number of nitrogens with zero attached hydrogens (tertiary/aromatic N) is 1. The van der Waals surface area contributed by atoms with Gasteiger partial charge < -0.3 is 4.42 Å². The molecule has 1 aromatic heterocycles. The highest BCUT2D eigenvalue weighted by Gasteiger charge is 2.32. The monoisotopic (exact) mass is 391 g/mol. The number of alkyl halides is 3. The average molecular weight is 391 g/mol. The lowest BCUT2D eigenvalue weighted by Gasteiger charge is -2.20. The molecular formula is C16H16F3NO3S2. The van der Waals surface area contributed by atoms with Gasteiger partial charge in [-0.3, -0.25) is 0 Å². The SMILES string of the molecule is O=S(=O)(c1ccc(C(F)(F)F)cc1)N1CCSC(c2ccco2)CC1. The molecule has 1 aromatic carbocycles. The number of benzene rings is 1. The lowest BCUT2D eigenvalue weighted by molar-refractivity contribution is -0.137. The van der Waals surface area contributed by atoms with Gasteiger partial charge in [-0.05, 0) is 42.8 Å². The number of furan rings is 1. The summed E-state index contributed by atoms with van der Waals surface area (Å²) in [5, 5.41) is 0.0720. The van der Waals surface area contributed by atoms with Crippen molar-refractivity contribution in [3.63, 3.8) is 0 Å². The van der Waals surface area contributed by atoms with Crippen LogP contribution in [0.4, 0.5) is 13.2 Å². The molecule has 0 amide bonds. The largest absolute Gasteiger partial charge is 0.468 e. The third kappa shape index (κ3) is 4.04. The van der Waals surface area contributed by atoms with E-state index in [1.54, 1.807) is 24.1 Å². The predicted octanol–water partition coefficient (Wildman–Crippen LogP) is 4.17. The minimum absolute atomic E-state index is 0.0720. The van der Waals surface area contributed by atoms with Gasteiger partial charge in [0.2, 0.25) is 10.0 Å². The summed E-state index contributed by atoms with van der Waals surface area (Å²) in [6.45, 7) is 0.604. The zero-order chi connectivity index (χ0) is 18.1. The summed E-state index contributed by atoms with van der Waals surface area (Å²) in [6, 6.07) is 7.27. The first-order valence-corrected chi connectivity index (χ1v) is 10.1. The normalized spacial score (nSPS) is 20.4. The highest BCUT2D eigenvalue weighted by Crippen LogP contribution is 2.36. The van der Waals surface area contributed by atoms with Gasteiger partial charge >= 0.3 is 6.18 Å². The Morgan fingerprint density at radius 2 is 1.84 bits per heavy atom. The molecule has 136 valence electrons. The van der Waals surface area contributed by atoms with Crippen LogP contribution in [0.3, 0.4) is 0 Å². The van der Waals surface area contributed by atoms with Crippen molar-refractivity contribution in [2.75, 3.05) is 18.8 Å². The van der Waals surface area contributed by atoms with E-state index in [1.807, 2.05) is 6.07 Å². The topological polar surface area (TPSA) is 50.5 Å². The second-order valence-corrected chi connectivity index (χ2v) is 8.84. The van der Waals surface area contributed by atoms with Gasteiger partial charge in [0.25, 0.3) is 0 Å². The van der Waals surface area contributed by atoms with Gasteiger partial charge in [-0.25, -0.2) is 8.42 Å². The third-order valence-electron chi connectivity index (χ3n) is 3.98. The van der Waals surface area contributed by atoms with E-state index in [0.29, 0.717) is 25.3 Å². The minimum Gasteiger partial charge on any atom is -0.468 e. The van der Waals surface area contributed by atoms with Crippen molar-refractivity contribution in [3.8, 4) is 0 Å². The second-order valence-electron chi connectivity index (χ2n) is 5.59. The van der Waals surface area contributed by atoms with E-state index in [2.05, 4.69) is 0 Å². The fraction of sp³-hybridized carbons (Fsp3) is 0.375. The standard InChI is InChI=1S/C16H16F3NO3S2/c17-16(18,19)12-3-5-13(6-4-12)25(21,22)20-8-7-15(24-11-9-20)14-2-1-10-23-14/h1-6,10,15H,7-9,11H2. The van der Waals surface area contributed by atoms with E-state index in [1.165, 1.54) is 4.31 Å². The van der Waals surface area contributed by atoms with Crippen molar-refractivity contribution in [2.45, 2.75) is 22.7 Å². The molecule has 0 radical (unpaired) electrons. The number of rotatable bonds is 3. The Bertz CT molecular complexity index is 802. The fourth-order valence-electron chi connectivity index (χ4n) is 2.66. The van der Waals surface area contributed by atoms with E-state index in [4.69, 9.17) is 4.42 Å². The third-order valence-corrected chi connectivity index (χ3v) is 7.18. The summed E-state index contributed by atoms with van der Waals surface area (Å²) >= 11 is 1.61. The molecule has 0 saturated carbocycles. The van der Waals surface area contributed by atoms with Gasteiger partial charge in [0.05, 0.1) is 22.0 Å². The van der Waals surface area contributed by atoms with Crippen molar-refractivity contribution >= 4 is 21.8 Å². The molecule has 9 heteroatoms. The molecule has 1 fully saturated rings. The van der Waals surface area contributed by atoms with Crippen LogP contribution in [-0.4, -0.2) is 31.6 Å². The second kappa shape index (κ2) is 7.05. The molecule has 0 bridgehead atoms. The Hall–Kier alpha value is -1.45. The summed E-state index contributed by atoms with van der Waals surface area (Å²) in [6.07, 6.45) is -2.33. The van der Waals surface area contributed by atoms with Crippen LogP contribution in [-0.2, 0) is 16.2 Å². The molecule has 1 atom stereocenters. The molecule has 25 heavy (non-hydrogen) atoms.